The van der Waals surface area contributed by atoms with E-state index in [0.717, 1.165) is 40.3 Å². The second-order valence-corrected chi connectivity index (χ2v) is 28.5. The fraction of sp³-hybridized carbons (Fsp3) is 0.106. The molecule has 1 atom stereocenters. The van der Waals surface area contributed by atoms with Crippen LogP contribution in [-0.4, -0.2) is 73.2 Å². The number of rotatable bonds is 26. The fourth-order valence-corrected chi connectivity index (χ4v) is 16.7. The molecule has 0 radical (unpaired) electrons. The number of amides is 4. The number of benzene rings is 4. The third-order valence-electron chi connectivity index (χ3n) is 13.1. The maximum Gasteiger partial charge on any atom is 0.254 e. The number of ether oxygens (including phenoxy) is 1. The van der Waals surface area contributed by atoms with Crippen LogP contribution in [-0.2, 0) is 17.3 Å². The summed E-state index contributed by atoms with van der Waals surface area (Å²) in [5.41, 5.74) is 29.0. The number of primary amides is 4. The lowest BCUT2D eigenvalue weighted by molar-refractivity contribution is 0.0990. The van der Waals surface area contributed by atoms with Crippen LogP contribution in [0.5, 0.6) is 5.88 Å². The van der Waals surface area contributed by atoms with E-state index < -0.39 is 23.6 Å². The number of nitrogens with two attached hydrogens (primary N) is 4. The number of hydrogen-bond acceptors (Lipinski definition) is 26. The number of pyridine rings is 3. The highest BCUT2D eigenvalue weighted by molar-refractivity contribution is 7.99. The standard InChI is InChI=1S/C18H18N4OS2.C17H15ClN4O2S2.C16H13ClN4OS2.C15H12ClN5OS2/c1-2-14(12-7-4-3-5-8-12)24-18-15(16(19)23)17(25-22-18)21-13-9-6-10-20-11-13;1-24-13-4-2-3-12(20-13)21-16-14(15(19)23)17(22-26-16)25-9-10-5-7-11(18)8-6-10;17-11-6-4-10(5-7-11)9-23-16-13(14(18)22)15(24-21-16)20-12-3-1-2-8-19-12;16-10-4-2-9(3-5-10)8-23-14-11(12(17)22)13(24-21-14)20-15-18-6-1-7-19-15/h3-11,14,21H,2H2,1H3,(H2,19,23);2-8H,9H2,1H3,(H2,19,23)(H,20,21);1-8H,9H2,(H2,18,22)(H,19,20);1-7H,8H2,(H2,17,22)(H,18,19,20). The van der Waals surface area contributed by atoms with Gasteiger partial charge in [-0.05, 0) is 148 Å². The van der Waals surface area contributed by atoms with Crippen LogP contribution in [0.25, 0.3) is 0 Å². The number of anilines is 8. The Balaban J connectivity index is 0.000000154. The molecule has 33 heteroatoms. The number of nitrogens with zero attached hydrogens (tertiary/aromatic N) is 9. The van der Waals surface area contributed by atoms with Gasteiger partial charge in [0, 0.05) is 68.4 Å². The van der Waals surface area contributed by atoms with Crippen LogP contribution in [0.2, 0.25) is 15.1 Å². The molecule has 99 heavy (non-hydrogen) atoms. The first-order chi connectivity index (χ1) is 48.0. The highest BCUT2D eigenvalue weighted by Gasteiger charge is 2.25. The number of methoxy groups -OCH3 is 1. The van der Waals surface area contributed by atoms with Gasteiger partial charge in [-0.15, -0.1) is 0 Å². The minimum absolute atomic E-state index is 0.215. The van der Waals surface area contributed by atoms with Crippen LogP contribution in [0, 0.1) is 0 Å². The van der Waals surface area contributed by atoms with Gasteiger partial charge in [0.2, 0.25) is 11.8 Å². The van der Waals surface area contributed by atoms with Gasteiger partial charge in [-0.2, -0.15) is 22.5 Å². The molecule has 0 saturated heterocycles. The van der Waals surface area contributed by atoms with Crippen molar-refractivity contribution < 1.29 is 23.9 Å². The van der Waals surface area contributed by atoms with Crippen LogP contribution in [0.4, 0.5) is 43.3 Å². The zero-order valence-electron chi connectivity index (χ0n) is 52.1. The van der Waals surface area contributed by atoms with Crippen molar-refractivity contribution in [3.63, 3.8) is 0 Å². The molecule has 22 nitrogen and oxygen atoms in total. The maximum absolute atomic E-state index is 12.0. The van der Waals surface area contributed by atoms with E-state index in [1.165, 1.54) is 75.4 Å². The lowest BCUT2D eigenvalue weighted by Crippen LogP contribution is -2.13. The van der Waals surface area contributed by atoms with E-state index in [9.17, 15) is 19.2 Å². The molecule has 0 spiro atoms. The van der Waals surface area contributed by atoms with Crippen LogP contribution in [0.3, 0.4) is 0 Å². The van der Waals surface area contributed by atoms with Crippen molar-refractivity contribution in [3.05, 3.63) is 248 Å². The van der Waals surface area contributed by atoms with Gasteiger partial charge in [-0.25, -0.2) is 15.0 Å². The molecule has 0 bridgehead atoms. The Bertz CT molecular complexity index is 4450. The highest BCUT2D eigenvalue weighted by Crippen LogP contribution is 2.43. The van der Waals surface area contributed by atoms with Crippen molar-refractivity contribution in [2.24, 2.45) is 22.9 Å². The topological polar surface area (TPSA) is 346 Å². The van der Waals surface area contributed by atoms with Crippen LogP contribution < -0.4 is 48.9 Å². The van der Waals surface area contributed by atoms with Gasteiger partial charge in [0.05, 0.1) is 19.0 Å². The Morgan fingerprint density at radius 1 is 0.465 bits per heavy atom. The van der Waals surface area contributed by atoms with Gasteiger partial charge >= 0.3 is 0 Å². The number of aromatic nitrogens is 9. The van der Waals surface area contributed by atoms with Crippen molar-refractivity contribution in [2.45, 2.75) is 56.0 Å². The summed E-state index contributed by atoms with van der Waals surface area (Å²) in [5, 5.41) is 19.4. The first-order valence-electron chi connectivity index (χ1n) is 29.2. The quantitative estimate of drug-likeness (QED) is 0.0233. The van der Waals surface area contributed by atoms with Crippen molar-refractivity contribution in [2.75, 3.05) is 28.4 Å². The van der Waals surface area contributed by atoms with Gasteiger partial charge in [-0.3, -0.25) is 24.2 Å². The van der Waals surface area contributed by atoms with Gasteiger partial charge in [0.25, 0.3) is 23.6 Å². The van der Waals surface area contributed by atoms with Crippen LogP contribution in [0.15, 0.2) is 209 Å². The Morgan fingerprint density at radius 3 is 1.34 bits per heavy atom. The number of halogens is 3. The molecule has 12 rings (SSSR count). The first-order valence-corrected chi connectivity index (χ1v) is 37.3. The normalized spacial score (nSPS) is 10.9. The summed E-state index contributed by atoms with van der Waals surface area (Å²) in [5.74, 6) is 1.94. The number of carbonyl (C=O) groups excluding carboxylic acids is 4. The van der Waals surface area contributed by atoms with Crippen molar-refractivity contribution in [1.29, 1.82) is 0 Å². The summed E-state index contributed by atoms with van der Waals surface area (Å²) in [4.78, 5) is 68.3. The molecule has 506 valence electrons. The van der Waals surface area contributed by atoms with Gasteiger partial charge in [-0.1, -0.05) is 168 Å². The molecule has 8 heterocycles. The number of thioether (sulfide) groups is 4. The Labute approximate surface area is 617 Å². The molecule has 4 amide bonds. The van der Waals surface area contributed by atoms with E-state index in [0.29, 0.717) is 118 Å². The second-order valence-electron chi connectivity index (χ2n) is 20.0. The third-order valence-corrected chi connectivity index (χ3v) is 21.9. The second kappa shape index (κ2) is 37.9. The predicted molar refractivity (Wildman–Crippen MR) is 405 cm³/mol. The molecule has 12 aromatic rings. The summed E-state index contributed by atoms with van der Waals surface area (Å²) >= 11 is 28.3. The van der Waals surface area contributed by atoms with Crippen LogP contribution in [0.1, 0.15) is 82.3 Å². The number of nitrogens with one attached hydrogen (secondary N) is 4. The number of carbonyl (C=O) groups is 4. The summed E-state index contributed by atoms with van der Waals surface area (Å²) in [6.45, 7) is 2.12. The third kappa shape index (κ3) is 22.3. The largest absolute Gasteiger partial charge is 0.481 e. The van der Waals surface area contributed by atoms with Crippen LogP contribution >= 0.6 is 128 Å². The minimum Gasteiger partial charge on any atom is -0.481 e. The summed E-state index contributed by atoms with van der Waals surface area (Å²) < 4.78 is 22.6. The van der Waals surface area contributed by atoms with Gasteiger partial charge in [0.15, 0.2) is 0 Å². The van der Waals surface area contributed by atoms with E-state index in [1.807, 2.05) is 121 Å². The van der Waals surface area contributed by atoms with Crippen molar-refractivity contribution in [1.82, 2.24) is 42.4 Å². The Hall–Kier alpha value is -8.92. The average molecular weight is 1530 g/mol. The zero-order chi connectivity index (χ0) is 70.0. The molecular formula is C66H58Cl3N17O5S8. The zero-order valence-corrected chi connectivity index (χ0v) is 60.9. The molecule has 0 saturated carbocycles. The Kier molecular flexibility index (Phi) is 28.4. The smallest absolute Gasteiger partial charge is 0.254 e. The number of hydrogen-bond donors (Lipinski definition) is 8. The lowest BCUT2D eigenvalue weighted by Gasteiger charge is -2.14. The summed E-state index contributed by atoms with van der Waals surface area (Å²) in [6.07, 6.45) is 9.20. The van der Waals surface area contributed by atoms with E-state index >= 15 is 0 Å². The first kappa shape index (κ1) is 74.3. The summed E-state index contributed by atoms with van der Waals surface area (Å²) in [7, 11) is 1.54. The molecule has 0 aliphatic rings. The molecule has 12 N–H and O–H groups in total. The van der Waals surface area contributed by atoms with Gasteiger partial charge < -0.3 is 48.9 Å². The van der Waals surface area contributed by atoms with Gasteiger partial charge in [0.1, 0.15) is 74.0 Å². The molecule has 1 unspecified atom stereocenters. The predicted octanol–water partition coefficient (Wildman–Crippen LogP) is 17.0. The van der Waals surface area contributed by atoms with E-state index in [2.05, 4.69) is 82.7 Å². The monoisotopic (exact) mass is 1530 g/mol. The average Bonchev–Trinajstić information content (AvgIpc) is 1.73. The molecule has 0 aliphatic heterocycles. The van der Waals surface area contributed by atoms with Crippen molar-refractivity contribution >= 4 is 195 Å². The molecule has 8 aromatic heterocycles. The summed E-state index contributed by atoms with van der Waals surface area (Å²) in [6, 6.07) is 49.0. The lowest BCUT2D eigenvalue weighted by atomic mass is 10.1. The molecular weight excluding hydrogens is 1470 g/mol. The SMILES string of the molecule is CCC(Sc1nsc(Nc2cccnc2)c1C(N)=O)c1ccccc1.COc1cccc(Nc2snc(SCc3ccc(Cl)cc3)c2C(N)=O)n1.NC(=O)c1c(SCc2ccc(Cl)cc2)nsc1Nc1ccccn1.NC(=O)c1c(SCc2ccc(Cl)cc2)nsc1Nc1ncccn1. The van der Waals surface area contributed by atoms with E-state index in [4.69, 9.17) is 62.5 Å². The Morgan fingerprint density at radius 2 is 0.899 bits per heavy atom. The van der Waals surface area contributed by atoms with Crippen molar-refractivity contribution in [3.8, 4) is 5.88 Å². The van der Waals surface area contributed by atoms with E-state index in [-0.39, 0.29) is 5.25 Å². The minimum atomic E-state index is -0.541. The fourth-order valence-electron chi connectivity index (χ4n) is 8.38. The molecule has 0 fully saturated rings. The highest BCUT2D eigenvalue weighted by atomic mass is 35.5. The molecule has 0 aliphatic carbocycles. The maximum atomic E-state index is 12.0. The van der Waals surface area contributed by atoms with E-state index in [1.54, 1.807) is 74.1 Å². The molecule has 4 aromatic carbocycles.